The molecule has 3 heterocycles. The number of amides is 2. The quantitative estimate of drug-likeness (QED) is 0.813. The SMILES string of the molecule is Cl.O=C(CC1CSCCN1)N1CCC(CN2CCCCC2=O)CC1. The minimum absolute atomic E-state index is 0. The molecule has 3 aliphatic heterocycles. The van der Waals surface area contributed by atoms with Crippen LogP contribution in [0.4, 0.5) is 0 Å². The second-order valence-electron chi connectivity index (χ2n) is 7.05. The Morgan fingerprint density at radius 2 is 2.00 bits per heavy atom. The maximum atomic E-state index is 12.4. The van der Waals surface area contributed by atoms with E-state index in [1.54, 1.807) is 0 Å². The molecule has 0 aromatic heterocycles. The molecule has 24 heavy (non-hydrogen) atoms. The molecule has 3 aliphatic rings. The third-order valence-electron chi connectivity index (χ3n) is 5.29. The zero-order valence-electron chi connectivity index (χ0n) is 14.4. The molecule has 0 aliphatic carbocycles. The van der Waals surface area contributed by atoms with E-state index in [2.05, 4.69) is 10.2 Å². The lowest BCUT2D eigenvalue weighted by Gasteiger charge is -2.36. The van der Waals surface area contributed by atoms with Crippen LogP contribution in [0.3, 0.4) is 0 Å². The first kappa shape index (κ1) is 19.9. The fourth-order valence-corrected chi connectivity index (χ4v) is 4.77. The molecule has 0 radical (unpaired) electrons. The van der Waals surface area contributed by atoms with Crippen molar-refractivity contribution in [3.63, 3.8) is 0 Å². The standard InChI is InChI=1S/C17H29N3O2S.ClH/c21-16-3-1-2-7-20(16)12-14-4-8-19(9-5-14)17(22)11-15-13-23-10-6-18-15;/h14-15,18H,1-13H2;1H. The number of hydrogen-bond acceptors (Lipinski definition) is 4. The summed E-state index contributed by atoms with van der Waals surface area (Å²) in [6, 6.07) is 0.352. The van der Waals surface area contributed by atoms with Crippen LogP contribution >= 0.6 is 24.2 Å². The summed E-state index contributed by atoms with van der Waals surface area (Å²) in [5, 5.41) is 3.44. The normalized spacial score (nSPS) is 26.2. The highest BCUT2D eigenvalue weighted by molar-refractivity contribution is 7.99. The molecule has 0 aromatic rings. The van der Waals surface area contributed by atoms with Crippen LogP contribution in [0, 0.1) is 5.92 Å². The van der Waals surface area contributed by atoms with Crippen LogP contribution in [0.25, 0.3) is 0 Å². The average Bonchev–Trinajstić information content (AvgIpc) is 2.58. The van der Waals surface area contributed by atoms with Crippen molar-refractivity contribution in [2.45, 2.75) is 44.6 Å². The minimum Gasteiger partial charge on any atom is -0.343 e. The Morgan fingerprint density at radius 1 is 1.21 bits per heavy atom. The van der Waals surface area contributed by atoms with Crippen molar-refractivity contribution in [1.82, 2.24) is 15.1 Å². The molecular formula is C17H30ClN3O2S. The summed E-state index contributed by atoms with van der Waals surface area (Å²) in [5.41, 5.74) is 0. The van der Waals surface area contributed by atoms with Crippen LogP contribution in [0.5, 0.6) is 0 Å². The van der Waals surface area contributed by atoms with E-state index in [9.17, 15) is 9.59 Å². The number of carbonyl (C=O) groups is 2. The van der Waals surface area contributed by atoms with Crippen LogP contribution in [-0.2, 0) is 9.59 Å². The maximum absolute atomic E-state index is 12.4. The Kier molecular flexibility index (Phi) is 8.17. The van der Waals surface area contributed by atoms with Gasteiger partial charge in [0.1, 0.15) is 0 Å². The van der Waals surface area contributed by atoms with Gasteiger partial charge < -0.3 is 15.1 Å². The van der Waals surface area contributed by atoms with Gasteiger partial charge in [0.05, 0.1) is 0 Å². The van der Waals surface area contributed by atoms with Gasteiger partial charge in [-0.3, -0.25) is 9.59 Å². The Labute approximate surface area is 155 Å². The number of likely N-dealkylation sites (tertiary alicyclic amines) is 2. The smallest absolute Gasteiger partial charge is 0.224 e. The second-order valence-corrected chi connectivity index (χ2v) is 8.20. The summed E-state index contributed by atoms with van der Waals surface area (Å²) in [4.78, 5) is 28.4. The Hall–Kier alpha value is -0.460. The molecule has 1 atom stereocenters. The van der Waals surface area contributed by atoms with Gasteiger partial charge in [0.2, 0.25) is 11.8 Å². The van der Waals surface area contributed by atoms with Crippen LogP contribution in [0.15, 0.2) is 0 Å². The lowest BCUT2D eigenvalue weighted by Crippen LogP contribution is -2.46. The highest BCUT2D eigenvalue weighted by atomic mass is 35.5. The molecule has 1 N–H and O–H groups in total. The molecule has 0 aromatic carbocycles. The van der Waals surface area contributed by atoms with E-state index in [1.165, 1.54) is 0 Å². The number of piperidine rings is 2. The fraction of sp³-hybridized carbons (Fsp3) is 0.882. The first-order chi connectivity index (χ1) is 11.2. The van der Waals surface area contributed by atoms with E-state index in [0.717, 1.165) is 76.3 Å². The Bertz CT molecular complexity index is 424. The van der Waals surface area contributed by atoms with Crippen LogP contribution < -0.4 is 5.32 Å². The molecule has 3 saturated heterocycles. The molecule has 3 fully saturated rings. The number of thioether (sulfide) groups is 1. The fourth-order valence-electron chi connectivity index (χ4n) is 3.82. The van der Waals surface area contributed by atoms with Gasteiger partial charge in [-0.05, 0) is 31.6 Å². The van der Waals surface area contributed by atoms with E-state index in [0.29, 0.717) is 30.2 Å². The van der Waals surface area contributed by atoms with Crippen molar-refractivity contribution in [2.75, 3.05) is 44.2 Å². The van der Waals surface area contributed by atoms with Crippen LogP contribution in [0.1, 0.15) is 38.5 Å². The summed E-state index contributed by atoms with van der Waals surface area (Å²) in [6.45, 7) is 4.59. The van der Waals surface area contributed by atoms with E-state index >= 15 is 0 Å². The lowest BCUT2D eigenvalue weighted by molar-refractivity contribution is -0.136. The lowest BCUT2D eigenvalue weighted by atomic mass is 9.94. The second kappa shape index (κ2) is 9.88. The van der Waals surface area contributed by atoms with Gasteiger partial charge in [-0.15, -0.1) is 12.4 Å². The van der Waals surface area contributed by atoms with E-state index in [4.69, 9.17) is 0 Å². The molecule has 7 heteroatoms. The van der Waals surface area contributed by atoms with Gasteiger partial charge in [0.15, 0.2) is 0 Å². The number of rotatable bonds is 4. The van der Waals surface area contributed by atoms with Crippen molar-refractivity contribution >= 4 is 36.0 Å². The summed E-state index contributed by atoms with van der Waals surface area (Å²) < 4.78 is 0. The van der Waals surface area contributed by atoms with Crippen LogP contribution in [0.2, 0.25) is 0 Å². The summed E-state index contributed by atoms with van der Waals surface area (Å²) in [5.74, 6) is 3.42. The molecule has 5 nitrogen and oxygen atoms in total. The van der Waals surface area contributed by atoms with Gasteiger partial charge in [-0.1, -0.05) is 0 Å². The Balaban J connectivity index is 0.00000208. The van der Waals surface area contributed by atoms with Gasteiger partial charge in [-0.25, -0.2) is 0 Å². The van der Waals surface area contributed by atoms with Crippen molar-refractivity contribution in [2.24, 2.45) is 5.92 Å². The van der Waals surface area contributed by atoms with Gasteiger partial charge in [0.25, 0.3) is 0 Å². The number of nitrogens with zero attached hydrogens (tertiary/aromatic N) is 2. The van der Waals surface area contributed by atoms with Crippen molar-refractivity contribution in [1.29, 1.82) is 0 Å². The van der Waals surface area contributed by atoms with Gasteiger partial charge in [-0.2, -0.15) is 11.8 Å². The highest BCUT2D eigenvalue weighted by Crippen LogP contribution is 2.22. The number of halogens is 1. The average molecular weight is 376 g/mol. The zero-order chi connectivity index (χ0) is 16.1. The Morgan fingerprint density at radius 3 is 2.67 bits per heavy atom. The predicted molar refractivity (Wildman–Crippen MR) is 101 cm³/mol. The van der Waals surface area contributed by atoms with E-state index in [1.807, 2.05) is 16.7 Å². The van der Waals surface area contributed by atoms with Gasteiger partial charge >= 0.3 is 0 Å². The predicted octanol–water partition coefficient (Wildman–Crippen LogP) is 1.75. The number of nitrogens with one attached hydrogen (secondary N) is 1. The molecule has 0 saturated carbocycles. The van der Waals surface area contributed by atoms with E-state index < -0.39 is 0 Å². The maximum Gasteiger partial charge on any atom is 0.224 e. The van der Waals surface area contributed by atoms with Gasteiger partial charge in [0, 0.05) is 63.1 Å². The van der Waals surface area contributed by atoms with Crippen molar-refractivity contribution in [3.05, 3.63) is 0 Å². The number of hydrogen-bond donors (Lipinski definition) is 1. The molecule has 3 rings (SSSR count). The largest absolute Gasteiger partial charge is 0.343 e. The highest BCUT2D eigenvalue weighted by Gasteiger charge is 2.28. The molecule has 1 unspecified atom stereocenters. The van der Waals surface area contributed by atoms with E-state index in [-0.39, 0.29) is 12.4 Å². The summed E-state index contributed by atoms with van der Waals surface area (Å²) in [7, 11) is 0. The zero-order valence-corrected chi connectivity index (χ0v) is 16.0. The molecule has 138 valence electrons. The summed E-state index contributed by atoms with van der Waals surface area (Å²) in [6.07, 6.45) is 5.65. The topological polar surface area (TPSA) is 52.7 Å². The monoisotopic (exact) mass is 375 g/mol. The molecule has 0 spiro atoms. The van der Waals surface area contributed by atoms with Crippen molar-refractivity contribution in [3.8, 4) is 0 Å². The first-order valence-electron chi connectivity index (χ1n) is 9.09. The minimum atomic E-state index is 0. The first-order valence-corrected chi connectivity index (χ1v) is 10.2. The molecule has 2 amide bonds. The third kappa shape index (κ3) is 5.53. The molecular weight excluding hydrogens is 346 g/mol. The van der Waals surface area contributed by atoms with Crippen LogP contribution in [-0.4, -0.2) is 71.9 Å². The number of carbonyl (C=O) groups excluding carboxylic acids is 2. The summed E-state index contributed by atoms with van der Waals surface area (Å²) >= 11 is 1.94. The third-order valence-corrected chi connectivity index (χ3v) is 6.42. The molecule has 0 bridgehead atoms. The van der Waals surface area contributed by atoms with Crippen molar-refractivity contribution < 1.29 is 9.59 Å².